The number of amides is 2. The van der Waals surface area contributed by atoms with Crippen molar-refractivity contribution in [1.82, 2.24) is 39.5 Å². The Morgan fingerprint density at radius 2 is 1.32 bits per heavy atom. The topological polar surface area (TPSA) is 104 Å². The number of hydrogen-bond acceptors (Lipinski definition) is 6. The summed E-state index contributed by atoms with van der Waals surface area (Å²) < 4.78 is 44.3. The third-order valence-electron chi connectivity index (χ3n) is 11.6. The number of alkyl halides is 3. The predicted molar refractivity (Wildman–Crippen MR) is 228 cm³/mol. The summed E-state index contributed by atoms with van der Waals surface area (Å²) in [5, 5.41) is 0. The second-order valence-corrected chi connectivity index (χ2v) is 16.2. The molecule has 2 aliphatic heterocycles. The summed E-state index contributed by atoms with van der Waals surface area (Å²) >= 11 is 0. The van der Waals surface area contributed by atoms with Gasteiger partial charge in [-0.05, 0) is 102 Å². The number of H-pyrrole nitrogens is 2. The van der Waals surface area contributed by atoms with Crippen LogP contribution >= 0.6 is 0 Å². The zero-order valence-corrected chi connectivity index (χ0v) is 35.0. The molecule has 2 N–H and O–H groups in total. The van der Waals surface area contributed by atoms with Gasteiger partial charge in [0.1, 0.15) is 23.7 Å². The molecular weight excluding hydrogens is 766 g/mol. The van der Waals surface area contributed by atoms with Crippen molar-refractivity contribution in [1.29, 1.82) is 0 Å². The number of halogens is 3. The van der Waals surface area contributed by atoms with Crippen LogP contribution in [-0.4, -0.2) is 98.7 Å². The summed E-state index contributed by atoms with van der Waals surface area (Å²) in [6.07, 6.45) is 7.51. The molecule has 0 unspecified atom stereocenters. The van der Waals surface area contributed by atoms with E-state index in [4.69, 9.17) is 0 Å². The van der Waals surface area contributed by atoms with Gasteiger partial charge in [-0.15, -0.1) is 0 Å². The highest BCUT2D eigenvalue weighted by Crippen LogP contribution is 2.41. The highest BCUT2D eigenvalue weighted by Gasteiger charge is 2.39. The molecule has 2 aromatic heterocycles. The van der Waals surface area contributed by atoms with Crippen molar-refractivity contribution in [2.75, 3.05) is 41.3 Å². The van der Waals surface area contributed by atoms with Crippen LogP contribution in [0.4, 0.5) is 13.2 Å². The van der Waals surface area contributed by atoms with Gasteiger partial charge in [-0.1, -0.05) is 85.0 Å². The van der Waals surface area contributed by atoms with Gasteiger partial charge in [0.05, 0.1) is 41.4 Å². The summed E-state index contributed by atoms with van der Waals surface area (Å²) in [6, 6.07) is 19.6. The molecule has 0 spiro atoms. The standard InChI is InChI=1S/C47H53F3N8O2/c1-7-8-14-30(2)41(55(3)4)45(59)57-25-12-17-39(57)44-52-29-38(54-44)34-23-24-35(36(27-34)47(48,49)50)31-19-21-32(22-20-31)37-28-51-43(53-37)40-18-13-26-58(40)46(60)42(56(5)6)33-15-10-9-11-16-33/h7-11,14-16,19-24,27-29,39-42H,12-13,17-18,25-26H2,1-6H3,(H,51,53)(H,52,54)/b8-7-,30-14+/t39-,40-,41+,42+/m0/s1. The fraction of sp³-hybridized carbons (Fsp3) is 0.362. The van der Waals surface area contributed by atoms with E-state index in [1.165, 1.54) is 6.07 Å². The number of rotatable bonds is 12. The van der Waals surface area contributed by atoms with Crippen LogP contribution in [0.1, 0.15) is 80.4 Å². The van der Waals surface area contributed by atoms with E-state index < -0.39 is 23.8 Å². The first kappa shape index (κ1) is 42.3. The molecule has 4 atom stereocenters. The van der Waals surface area contributed by atoms with Gasteiger partial charge < -0.3 is 19.8 Å². The maximum atomic E-state index is 14.8. The van der Waals surface area contributed by atoms with Crippen LogP contribution in [0, 0.1) is 0 Å². The fourth-order valence-electron chi connectivity index (χ4n) is 8.74. The Labute approximate surface area is 349 Å². The number of allylic oxidation sites excluding steroid dienone is 3. The van der Waals surface area contributed by atoms with Gasteiger partial charge in [-0.3, -0.25) is 19.4 Å². The molecule has 10 nitrogen and oxygen atoms in total. The van der Waals surface area contributed by atoms with Crippen LogP contribution < -0.4 is 0 Å². The van der Waals surface area contributed by atoms with Crippen molar-refractivity contribution in [3.8, 4) is 33.6 Å². The Hall–Kier alpha value is -5.79. The van der Waals surface area contributed by atoms with Crippen molar-refractivity contribution < 1.29 is 22.8 Å². The van der Waals surface area contributed by atoms with Crippen molar-refractivity contribution >= 4 is 11.8 Å². The summed E-state index contributed by atoms with van der Waals surface area (Å²) in [4.78, 5) is 51.3. The predicted octanol–water partition coefficient (Wildman–Crippen LogP) is 9.24. The van der Waals surface area contributed by atoms with Gasteiger partial charge in [-0.2, -0.15) is 13.2 Å². The lowest BCUT2D eigenvalue weighted by Gasteiger charge is -2.31. The summed E-state index contributed by atoms with van der Waals surface area (Å²) in [7, 11) is 7.56. The normalized spacial score (nSPS) is 18.6. The maximum Gasteiger partial charge on any atom is 0.417 e. The van der Waals surface area contributed by atoms with E-state index in [0.29, 0.717) is 53.7 Å². The molecule has 2 aliphatic rings. The molecule has 0 bridgehead atoms. The molecule has 0 aliphatic carbocycles. The largest absolute Gasteiger partial charge is 0.417 e. The van der Waals surface area contributed by atoms with Gasteiger partial charge in [0.15, 0.2) is 0 Å². The molecule has 5 aromatic rings. The minimum Gasteiger partial charge on any atom is -0.340 e. The van der Waals surface area contributed by atoms with E-state index in [2.05, 4.69) is 19.9 Å². The van der Waals surface area contributed by atoms with Crippen molar-refractivity contribution in [3.05, 3.63) is 132 Å². The van der Waals surface area contributed by atoms with E-state index in [9.17, 15) is 22.8 Å². The Bertz CT molecular complexity index is 2350. The van der Waals surface area contributed by atoms with Gasteiger partial charge in [0.25, 0.3) is 0 Å². The van der Waals surface area contributed by atoms with Crippen molar-refractivity contribution in [3.63, 3.8) is 0 Å². The molecule has 2 fully saturated rings. The molecule has 60 heavy (non-hydrogen) atoms. The van der Waals surface area contributed by atoms with Crippen LogP contribution in [0.5, 0.6) is 0 Å². The number of carbonyl (C=O) groups is 2. The Balaban J connectivity index is 1.09. The molecule has 0 radical (unpaired) electrons. The Morgan fingerprint density at radius 1 is 0.767 bits per heavy atom. The van der Waals surface area contributed by atoms with E-state index in [-0.39, 0.29) is 29.5 Å². The molecule has 3 aromatic carbocycles. The summed E-state index contributed by atoms with van der Waals surface area (Å²) in [6.45, 7) is 5.06. The second kappa shape index (κ2) is 17.8. The molecule has 2 saturated heterocycles. The average Bonchev–Trinajstić information content (AvgIpc) is 4.07. The van der Waals surface area contributed by atoms with E-state index in [1.54, 1.807) is 42.7 Å². The number of benzene rings is 3. The quantitative estimate of drug-likeness (QED) is 0.122. The highest BCUT2D eigenvalue weighted by molar-refractivity contribution is 5.86. The lowest BCUT2D eigenvalue weighted by molar-refractivity contribution is -0.138. The van der Waals surface area contributed by atoms with Crippen molar-refractivity contribution in [2.24, 2.45) is 0 Å². The van der Waals surface area contributed by atoms with Crippen LogP contribution in [-0.2, 0) is 15.8 Å². The third kappa shape index (κ3) is 8.73. The summed E-state index contributed by atoms with van der Waals surface area (Å²) in [5.74, 6) is 1.21. The van der Waals surface area contributed by atoms with E-state index in [1.807, 2.05) is 110 Å². The van der Waals surface area contributed by atoms with Crippen molar-refractivity contribution in [2.45, 2.75) is 69.9 Å². The van der Waals surface area contributed by atoms with Crippen LogP contribution in [0.2, 0.25) is 0 Å². The molecular formula is C47H53F3N8O2. The Kier molecular flexibility index (Phi) is 12.6. The molecule has 4 heterocycles. The SMILES string of the molecule is C/C=C\C=C(/C)[C@H](C(=O)N1CCC[C@H]1c1ncc(-c2ccc(-c3ccc(-c4cnc([C@@H]5CCCN5C(=O)[C@@H](c5ccccc5)N(C)C)[nH]4)cc3)c(C(F)(F)F)c2)[nH]1)N(C)C. The zero-order chi connectivity index (χ0) is 42.7. The number of nitrogens with zero attached hydrogens (tertiary/aromatic N) is 6. The lowest BCUT2D eigenvalue weighted by atomic mass is 9.95. The number of likely N-dealkylation sites (tertiary alicyclic amines) is 2. The molecule has 2 amide bonds. The van der Waals surface area contributed by atoms with Gasteiger partial charge >= 0.3 is 6.18 Å². The number of aromatic nitrogens is 4. The average molecular weight is 819 g/mol. The van der Waals surface area contributed by atoms with Gasteiger partial charge in [-0.25, -0.2) is 9.97 Å². The second-order valence-electron chi connectivity index (χ2n) is 16.2. The summed E-state index contributed by atoms with van der Waals surface area (Å²) in [5.41, 5.74) is 3.82. The number of likely N-dealkylation sites (N-methyl/N-ethyl adjacent to an activating group) is 2. The molecule has 0 saturated carbocycles. The Morgan fingerprint density at radius 3 is 1.87 bits per heavy atom. The first-order valence-corrected chi connectivity index (χ1v) is 20.5. The van der Waals surface area contributed by atoms with Crippen LogP contribution in [0.25, 0.3) is 33.6 Å². The number of carbonyl (C=O) groups excluding carboxylic acids is 2. The number of imidazole rings is 2. The zero-order valence-electron chi connectivity index (χ0n) is 35.0. The highest BCUT2D eigenvalue weighted by atomic mass is 19.4. The molecule has 314 valence electrons. The fourth-order valence-corrected chi connectivity index (χ4v) is 8.74. The third-order valence-corrected chi connectivity index (χ3v) is 11.6. The van der Waals surface area contributed by atoms with Gasteiger partial charge in [0.2, 0.25) is 11.8 Å². The number of aromatic amines is 2. The first-order valence-electron chi connectivity index (χ1n) is 20.5. The molecule has 7 rings (SSSR count). The number of hydrogen-bond donors (Lipinski definition) is 2. The smallest absolute Gasteiger partial charge is 0.340 e. The minimum absolute atomic E-state index is 0.0142. The van der Waals surface area contributed by atoms with Crippen LogP contribution in [0.3, 0.4) is 0 Å². The first-order chi connectivity index (χ1) is 28.8. The maximum absolute atomic E-state index is 14.8. The number of nitrogens with one attached hydrogen (secondary N) is 2. The van der Waals surface area contributed by atoms with Gasteiger partial charge in [0, 0.05) is 18.7 Å². The lowest BCUT2D eigenvalue weighted by Crippen LogP contribution is -2.46. The van der Waals surface area contributed by atoms with Crippen LogP contribution in [0.15, 0.2) is 109 Å². The van der Waals surface area contributed by atoms with E-state index >= 15 is 0 Å². The monoisotopic (exact) mass is 818 g/mol. The minimum atomic E-state index is -4.63. The van der Waals surface area contributed by atoms with E-state index in [0.717, 1.165) is 42.0 Å². The molecule has 13 heteroatoms.